The van der Waals surface area contributed by atoms with Gasteiger partial charge in [-0.25, -0.2) is 8.42 Å². The maximum atomic E-state index is 13.5. The SMILES string of the molecule is Cc1ccc(S(=O)(=O)N(CC(=O)NCc2cccc(C=O)c2)c2cccc(C)c2Br)cc1. The predicted molar refractivity (Wildman–Crippen MR) is 128 cm³/mol. The molecule has 1 amide bonds. The summed E-state index contributed by atoms with van der Waals surface area (Å²) in [5, 5.41) is 2.74. The number of halogens is 1. The standard InChI is InChI=1S/C24H23BrN2O4S/c1-17-9-11-21(12-10-17)32(30,31)27(22-8-3-5-18(2)24(22)25)15-23(29)26-14-19-6-4-7-20(13-19)16-28/h3-13,16H,14-15H2,1-2H3,(H,26,29). The highest BCUT2D eigenvalue weighted by Gasteiger charge is 2.29. The van der Waals surface area contributed by atoms with Crippen LogP contribution in [0.15, 0.2) is 76.1 Å². The Morgan fingerprint density at radius 2 is 1.72 bits per heavy atom. The summed E-state index contributed by atoms with van der Waals surface area (Å²) in [6, 6.07) is 18.6. The van der Waals surface area contributed by atoms with Gasteiger partial charge in [0.2, 0.25) is 5.91 Å². The summed E-state index contributed by atoms with van der Waals surface area (Å²) >= 11 is 3.47. The van der Waals surface area contributed by atoms with Crippen molar-refractivity contribution in [3.05, 3.63) is 93.5 Å². The van der Waals surface area contributed by atoms with Gasteiger partial charge in [0.05, 0.1) is 10.6 Å². The van der Waals surface area contributed by atoms with Crippen molar-refractivity contribution in [2.45, 2.75) is 25.3 Å². The first-order valence-electron chi connectivity index (χ1n) is 9.87. The molecule has 0 radical (unpaired) electrons. The number of benzene rings is 3. The number of hydrogen-bond acceptors (Lipinski definition) is 4. The molecule has 0 fully saturated rings. The number of sulfonamides is 1. The van der Waals surface area contributed by atoms with E-state index < -0.39 is 22.5 Å². The molecule has 0 aromatic heterocycles. The average Bonchev–Trinajstić information content (AvgIpc) is 2.78. The Bertz CT molecular complexity index is 1240. The van der Waals surface area contributed by atoms with Crippen LogP contribution in [-0.4, -0.2) is 27.2 Å². The number of carbonyl (C=O) groups excluding carboxylic acids is 2. The highest BCUT2D eigenvalue weighted by molar-refractivity contribution is 9.10. The zero-order chi connectivity index (χ0) is 23.3. The zero-order valence-electron chi connectivity index (χ0n) is 17.7. The van der Waals surface area contributed by atoms with Crippen LogP contribution < -0.4 is 9.62 Å². The van der Waals surface area contributed by atoms with Gasteiger partial charge in [0.25, 0.3) is 10.0 Å². The third-order valence-electron chi connectivity index (χ3n) is 4.91. The van der Waals surface area contributed by atoms with Gasteiger partial charge in [0, 0.05) is 16.6 Å². The lowest BCUT2D eigenvalue weighted by Gasteiger charge is -2.25. The molecule has 166 valence electrons. The molecule has 3 aromatic rings. The van der Waals surface area contributed by atoms with Crippen molar-refractivity contribution in [1.82, 2.24) is 5.32 Å². The molecule has 0 atom stereocenters. The molecule has 0 aliphatic heterocycles. The van der Waals surface area contributed by atoms with Crippen LogP contribution in [0.1, 0.15) is 27.0 Å². The Morgan fingerprint density at radius 1 is 1.03 bits per heavy atom. The molecule has 0 unspecified atom stereocenters. The van der Waals surface area contributed by atoms with Crippen molar-refractivity contribution in [3.63, 3.8) is 0 Å². The minimum Gasteiger partial charge on any atom is -0.350 e. The molecule has 32 heavy (non-hydrogen) atoms. The van der Waals surface area contributed by atoms with Crippen molar-refractivity contribution in [2.24, 2.45) is 0 Å². The minimum absolute atomic E-state index is 0.1000. The third kappa shape index (κ3) is 5.44. The van der Waals surface area contributed by atoms with Crippen LogP contribution in [0.2, 0.25) is 0 Å². The molecule has 6 nitrogen and oxygen atoms in total. The van der Waals surface area contributed by atoms with E-state index in [-0.39, 0.29) is 11.4 Å². The normalized spacial score (nSPS) is 11.1. The predicted octanol–water partition coefficient (Wildman–Crippen LogP) is 4.39. The minimum atomic E-state index is -4.00. The summed E-state index contributed by atoms with van der Waals surface area (Å²) in [6.45, 7) is 3.50. The fourth-order valence-electron chi connectivity index (χ4n) is 3.13. The Hall–Kier alpha value is -2.97. The molecule has 0 bridgehead atoms. The quantitative estimate of drug-likeness (QED) is 0.451. The van der Waals surface area contributed by atoms with E-state index in [1.807, 2.05) is 19.9 Å². The fourth-order valence-corrected chi connectivity index (χ4v) is 5.15. The smallest absolute Gasteiger partial charge is 0.264 e. The summed E-state index contributed by atoms with van der Waals surface area (Å²) in [6.07, 6.45) is 0.733. The Kier molecular flexibility index (Phi) is 7.48. The molecular weight excluding hydrogens is 492 g/mol. The maximum absolute atomic E-state index is 13.5. The van der Waals surface area contributed by atoms with E-state index in [0.717, 1.165) is 27.3 Å². The molecule has 3 rings (SSSR count). The second-order valence-electron chi connectivity index (χ2n) is 7.37. The van der Waals surface area contributed by atoms with E-state index in [4.69, 9.17) is 0 Å². The lowest BCUT2D eigenvalue weighted by atomic mass is 10.1. The molecule has 1 N–H and O–H groups in total. The van der Waals surface area contributed by atoms with Gasteiger partial charge in [-0.2, -0.15) is 0 Å². The summed E-state index contributed by atoms with van der Waals surface area (Å²) in [5.41, 5.74) is 3.40. The maximum Gasteiger partial charge on any atom is 0.264 e. The number of carbonyl (C=O) groups is 2. The molecule has 3 aromatic carbocycles. The molecular formula is C24H23BrN2O4S. The molecule has 0 saturated carbocycles. The van der Waals surface area contributed by atoms with Gasteiger partial charge >= 0.3 is 0 Å². The Balaban J connectivity index is 1.90. The van der Waals surface area contributed by atoms with E-state index in [1.54, 1.807) is 48.5 Å². The van der Waals surface area contributed by atoms with E-state index >= 15 is 0 Å². The topological polar surface area (TPSA) is 83.6 Å². The number of rotatable bonds is 8. The average molecular weight is 515 g/mol. The van der Waals surface area contributed by atoms with Gasteiger partial charge in [-0.15, -0.1) is 0 Å². The number of aryl methyl sites for hydroxylation is 2. The van der Waals surface area contributed by atoms with Crippen molar-refractivity contribution >= 4 is 43.8 Å². The van der Waals surface area contributed by atoms with E-state index in [1.165, 1.54) is 12.1 Å². The van der Waals surface area contributed by atoms with Crippen LogP contribution >= 0.6 is 15.9 Å². The Morgan fingerprint density at radius 3 is 2.41 bits per heavy atom. The van der Waals surface area contributed by atoms with Crippen molar-refractivity contribution in [2.75, 3.05) is 10.8 Å². The van der Waals surface area contributed by atoms with Crippen LogP contribution in [0.5, 0.6) is 0 Å². The molecule has 8 heteroatoms. The molecule has 0 aliphatic carbocycles. The molecule has 0 heterocycles. The first kappa shape index (κ1) is 23.7. The van der Waals surface area contributed by atoms with Gasteiger partial charge in [0.15, 0.2) is 0 Å². The molecule has 0 saturated heterocycles. The third-order valence-corrected chi connectivity index (χ3v) is 7.72. The first-order valence-corrected chi connectivity index (χ1v) is 12.1. The number of hydrogen-bond donors (Lipinski definition) is 1. The van der Waals surface area contributed by atoms with Gasteiger partial charge < -0.3 is 5.32 Å². The first-order chi connectivity index (χ1) is 15.2. The lowest BCUT2D eigenvalue weighted by molar-refractivity contribution is -0.119. The van der Waals surface area contributed by atoms with Crippen LogP contribution in [-0.2, 0) is 21.4 Å². The van der Waals surface area contributed by atoms with Crippen LogP contribution in [0, 0.1) is 13.8 Å². The summed E-state index contributed by atoms with van der Waals surface area (Å²) in [7, 11) is -4.00. The fraction of sp³-hybridized carbons (Fsp3) is 0.167. The van der Waals surface area contributed by atoms with Crippen molar-refractivity contribution in [1.29, 1.82) is 0 Å². The van der Waals surface area contributed by atoms with Crippen molar-refractivity contribution in [3.8, 4) is 0 Å². The zero-order valence-corrected chi connectivity index (χ0v) is 20.1. The Labute approximate surface area is 196 Å². The van der Waals surface area contributed by atoms with Gasteiger partial charge in [0.1, 0.15) is 12.8 Å². The molecule has 0 aliphatic rings. The summed E-state index contributed by atoms with van der Waals surface area (Å²) < 4.78 is 28.7. The number of amides is 1. The van der Waals surface area contributed by atoms with E-state index in [9.17, 15) is 18.0 Å². The number of nitrogens with one attached hydrogen (secondary N) is 1. The van der Waals surface area contributed by atoms with E-state index in [0.29, 0.717) is 15.7 Å². The molecule has 0 spiro atoms. The highest BCUT2D eigenvalue weighted by Crippen LogP contribution is 2.33. The highest BCUT2D eigenvalue weighted by atomic mass is 79.9. The largest absolute Gasteiger partial charge is 0.350 e. The van der Waals surface area contributed by atoms with Gasteiger partial charge in [-0.1, -0.05) is 48.0 Å². The monoisotopic (exact) mass is 514 g/mol. The number of anilines is 1. The van der Waals surface area contributed by atoms with Crippen LogP contribution in [0.25, 0.3) is 0 Å². The second-order valence-corrected chi connectivity index (χ2v) is 10.0. The van der Waals surface area contributed by atoms with Crippen molar-refractivity contribution < 1.29 is 18.0 Å². The number of nitrogens with zero attached hydrogens (tertiary/aromatic N) is 1. The lowest BCUT2D eigenvalue weighted by Crippen LogP contribution is -2.41. The summed E-state index contributed by atoms with van der Waals surface area (Å²) in [5.74, 6) is -0.467. The van der Waals surface area contributed by atoms with Gasteiger partial charge in [-0.3, -0.25) is 13.9 Å². The van der Waals surface area contributed by atoms with Crippen LogP contribution in [0.4, 0.5) is 5.69 Å². The second kappa shape index (κ2) is 10.1. The van der Waals surface area contributed by atoms with E-state index in [2.05, 4.69) is 21.2 Å². The van der Waals surface area contributed by atoms with Crippen LogP contribution in [0.3, 0.4) is 0 Å². The van der Waals surface area contributed by atoms with Gasteiger partial charge in [-0.05, 0) is 65.2 Å². The number of aldehydes is 1. The summed E-state index contributed by atoms with van der Waals surface area (Å²) in [4.78, 5) is 23.8.